The highest BCUT2D eigenvalue weighted by atomic mass is 16.5. The monoisotopic (exact) mass is 293 g/mol. The number of fused-ring (bicyclic) bond motifs is 1. The fraction of sp³-hybridized carbons (Fsp3) is 0.714. The lowest BCUT2D eigenvalue weighted by Gasteiger charge is -2.32. The number of nitrogens with zero attached hydrogens (tertiary/aromatic N) is 4. The van der Waals surface area contributed by atoms with Gasteiger partial charge in [0.1, 0.15) is 6.34 Å². The van der Waals surface area contributed by atoms with Crippen molar-refractivity contribution in [1.29, 1.82) is 0 Å². The van der Waals surface area contributed by atoms with Gasteiger partial charge < -0.3 is 15.6 Å². The number of aliphatic hydroxyl groups is 1. The molecular formula is C14H23N5O2. The van der Waals surface area contributed by atoms with Gasteiger partial charge in [-0.1, -0.05) is 6.08 Å². The summed E-state index contributed by atoms with van der Waals surface area (Å²) in [7, 11) is 0. The molecule has 1 fully saturated rings. The molecule has 0 aliphatic carbocycles. The molecule has 0 radical (unpaired) electrons. The maximum atomic E-state index is 9.16. The van der Waals surface area contributed by atoms with Crippen LogP contribution in [0.2, 0.25) is 0 Å². The van der Waals surface area contributed by atoms with Gasteiger partial charge in [-0.3, -0.25) is 9.91 Å². The third-order valence-corrected chi connectivity index (χ3v) is 4.25. The lowest BCUT2D eigenvalue weighted by atomic mass is 10.1. The van der Waals surface area contributed by atoms with Crippen LogP contribution in [0, 0.1) is 0 Å². The predicted molar refractivity (Wildman–Crippen MR) is 80.9 cm³/mol. The van der Waals surface area contributed by atoms with E-state index in [0.717, 1.165) is 44.6 Å². The Hall–Kier alpha value is -1.44. The second kappa shape index (κ2) is 6.55. The summed E-state index contributed by atoms with van der Waals surface area (Å²) in [5.41, 5.74) is 6.81. The molecule has 0 spiro atoms. The Kier molecular flexibility index (Phi) is 4.52. The van der Waals surface area contributed by atoms with E-state index in [2.05, 4.69) is 21.1 Å². The van der Waals surface area contributed by atoms with Crippen molar-refractivity contribution in [2.75, 3.05) is 32.8 Å². The van der Waals surface area contributed by atoms with Crippen molar-refractivity contribution in [2.45, 2.75) is 31.4 Å². The fourth-order valence-electron chi connectivity index (χ4n) is 3.11. The van der Waals surface area contributed by atoms with Crippen molar-refractivity contribution in [3.8, 4) is 0 Å². The Balaban J connectivity index is 1.43. The minimum Gasteiger partial charge on any atom is -0.394 e. The van der Waals surface area contributed by atoms with Gasteiger partial charge in [-0.25, -0.2) is 4.99 Å². The first-order chi connectivity index (χ1) is 10.3. The maximum absolute atomic E-state index is 9.16. The van der Waals surface area contributed by atoms with Crippen molar-refractivity contribution >= 4 is 12.2 Å². The molecule has 3 rings (SSSR count). The van der Waals surface area contributed by atoms with Gasteiger partial charge in [0.15, 0.2) is 5.84 Å². The number of ether oxygens (including phenoxy) is 1. The van der Waals surface area contributed by atoms with Crippen LogP contribution < -0.4 is 5.73 Å². The topological polar surface area (TPSA) is 86.7 Å². The summed E-state index contributed by atoms with van der Waals surface area (Å²) in [5, 5.41) is 15.5. The van der Waals surface area contributed by atoms with Crippen LogP contribution >= 0.6 is 0 Å². The molecule has 116 valence electrons. The summed E-state index contributed by atoms with van der Waals surface area (Å²) in [4.78, 5) is 6.39. The Morgan fingerprint density at radius 2 is 2.38 bits per heavy atom. The lowest BCUT2D eigenvalue weighted by Crippen LogP contribution is -2.44. The van der Waals surface area contributed by atoms with Crippen LogP contribution in [0.4, 0.5) is 0 Å². The number of rotatable bonds is 5. The minimum absolute atomic E-state index is 0.0267. The van der Waals surface area contributed by atoms with Gasteiger partial charge in [0.25, 0.3) is 0 Å². The van der Waals surface area contributed by atoms with Crippen LogP contribution in [0.3, 0.4) is 0 Å². The minimum atomic E-state index is -0.0267. The Labute approximate surface area is 124 Å². The van der Waals surface area contributed by atoms with Gasteiger partial charge >= 0.3 is 0 Å². The summed E-state index contributed by atoms with van der Waals surface area (Å²) < 4.78 is 5.47. The standard InChI is InChI=1S/C14H23N5O2/c15-14-13-4-3-11(19(13)17-10-16-14)2-1-5-18-6-7-21-12(8-18)9-20/h4,10-12,20H,1-3,5-9H2,(H2,15,16,17). The van der Waals surface area contributed by atoms with E-state index in [1.807, 2.05) is 5.01 Å². The summed E-state index contributed by atoms with van der Waals surface area (Å²) in [6.07, 6.45) is 6.78. The molecule has 0 amide bonds. The number of hydrazone groups is 1. The third-order valence-electron chi connectivity index (χ3n) is 4.25. The molecule has 0 aromatic carbocycles. The van der Waals surface area contributed by atoms with E-state index in [1.54, 1.807) is 0 Å². The van der Waals surface area contributed by atoms with Crippen LogP contribution in [0.1, 0.15) is 19.3 Å². The van der Waals surface area contributed by atoms with E-state index < -0.39 is 0 Å². The average molecular weight is 293 g/mol. The number of amidine groups is 1. The molecule has 7 nitrogen and oxygen atoms in total. The van der Waals surface area contributed by atoms with Crippen molar-refractivity contribution in [3.05, 3.63) is 11.8 Å². The molecule has 2 atom stereocenters. The van der Waals surface area contributed by atoms with Crippen LogP contribution in [0.15, 0.2) is 21.9 Å². The van der Waals surface area contributed by atoms with Gasteiger partial charge in [0.2, 0.25) is 0 Å². The molecule has 3 heterocycles. The van der Waals surface area contributed by atoms with Gasteiger partial charge in [0, 0.05) is 13.1 Å². The molecule has 0 aromatic rings. The first-order valence-corrected chi connectivity index (χ1v) is 7.58. The summed E-state index contributed by atoms with van der Waals surface area (Å²) in [6.45, 7) is 3.63. The molecule has 3 aliphatic heterocycles. The summed E-state index contributed by atoms with van der Waals surface area (Å²) in [6, 6.07) is 0.389. The largest absolute Gasteiger partial charge is 0.394 e. The molecular weight excluding hydrogens is 270 g/mol. The molecule has 0 aromatic heterocycles. The van der Waals surface area contributed by atoms with E-state index in [9.17, 15) is 0 Å². The number of morpholine rings is 1. The molecule has 7 heteroatoms. The molecule has 21 heavy (non-hydrogen) atoms. The fourth-order valence-corrected chi connectivity index (χ4v) is 3.11. The number of nitrogens with two attached hydrogens (primary N) is 1. The smallest absolute Gasteiger partial charge is 0.150 e. The van der Waals surface area contributed by atoms with Gasteiger partial charge in [-0.15, -0.1) is 0 Å². The second-order valence-electron chi connectivity index (χ2n) is 5.69. The van der Waals surface area contributed by atoms with E-state index in [1.165, 1.54) is 6.34 Å². The Morgan fingerprint density at radius 3 is 3.24 bits per heavy atom. The quantitative estimate of drug-likeness (QED) is 0.729. The molecule has 3 aliphatic rings. The number of hydrogen-bond acceptors (Lipinski definition) is 7. The maximum Gasteiger partial charge on any atom is 0.150 e. The van der Waals surface area contributed by atoms with Gasteiger partial charge in [-0.2, -0.15) is 5.10 Å². The Bertz CT molecular complexity index is 462. The molecule has 3 N–H and O–H groups in total. The van der Waals surface area contributed by atoms with Gasteiger partial charge in [-0.05, 0) is 25.8 Å². The highest BCUT2D eigenvalue weighted by Gasteiger charge is 2.29. The van der Waals surface area contributed by atoms with Crippen molar-refractivity contribution < 1.29 is 9.84 Å². The van der Waals surface area contributed by atoms with E-state index in [0.29, 0.717) is 18.5 Å². The number of hydrogen-bond donors (Lipinski definition) is 2. The van der Waals surface area contributed by atoms with E-state index in [-0.39, 0.29) is 12.7 Å². The molecule has 0 bridgehead atoms. The van der Waals surface area contributed by atoms with Crippen molar-refractivity contribution in [1.82, 2.24) is 9.91 Å². The zero-order valence-corrected chi connectivity index (χ0v) is 12.2. The second-order valence-corrected chi connectivity index (χ2v) is 5.69. The first kappa shape index (κ1) is 14.5. The van der Waals surface area contributed by atoms with Crippen molar-refractivity contribution in [2.24, 2.45) is 15.8 Å². The molecule has 1 saturated heterocycles. The van der Waals surface area contributed by atoms with E-state index in [4.69, 9.17) is 15.6 Å². The zero-order valence-electron chi connectivity index (χ0n) is 12.2. The average Bonchev–Trinajstić information content (AvgIpc) is 2.92. The van der Waals surface area contributed by atoms with Crippen LogP contribution in [0.5, 0.6) is 0 Å². The van der Waals surface area contributed by atoms with Crippen molar-refractivity contribution in [3.63, 3.8) is 0 Å². The normalized spacial score (nSPS) is 29.3. The van der Waals surface area contributed by atoms with Crippen LogP contribution in [0.25, 0.3) is 0 Å². The van der Waals surface area contributed by atoms with Crippen LogP contribution in [-0.4, -0.2) is 72.2 Å². The third kappa shape index (κ3) is 3.25. The Morgan fingerprint density at radius 1 is 1.48 bits per heavy atom. The highest BCUT2D eigenvalue weighted by Crippen LogP contribution is 2.27. The summed E-state index contributed by atoms with van der Waals surface area (Å²) >= 11 is 0. The SMILES string of the molecule is NC1=NC=NN2C1=CCC2CCCN1CCOC(CO)C1. The lowest BCUT2D eigenvalue weighted by molar-refractivity contribution is -0.0531. The first-order valence-electron chi connectivity index (χ1n) is 7.58. The summed E-state index contributed by atoms with van der Waals surface area (Å²) in [5.74, 6) is 0.562. The van der Waals surface area contributed by atoms with Crippen LogP contribution in [-0.2, 0) is 4.74 Å². The molecule has 0 saturated carbocycles. The molecule has 2 unspecified atom stereocenters. The number of aliphatic imine (C=N–C) groups is 1. The predicted octanol–water partition coefficient (Wildman–Crippen LogP) is -0.268. The highest BCUT2D eigenvalue weighted by molar-refractivity contribution is 6.01. The van der Waals surface area contributed by atoms with Gasteiger partial charge in [0.05, 0.1) is 31.1 Å². The zero-order chi connectivity index (χ0) is 14.7. The van der Waals surface area contributed by atoms with E-state index >= 15 is 0 Å². The number of aliphatic hydroxyl groups excluding tert-OH is 1.